The van der Waals surface area contributed by atoms with Crippen LogP contribution in [0.3, 0.4) is 0 Å². The van der Waals surface area contributed by atoms with E-state index in [0.717, 1.165) is 16.6 Å². The molecule has 0 radical (unpaired) electrons. The van der Waals surface area contributed by atoms with Crippen molar-refractivity contribution < 1.29 is 4.79 Å². The number of pyridine rings is 2. The molecule has 0 fully saturated rings. The Morgan fingerprint density at radius 1 is 1.00 bits per heavy atom. The second kappa shape index (κ2) is 6.28. The van der Waals surface area contributed by atoms with Crippen LogP contribution in [0.1, 0.15) is 31.3 Å². The Morgan fingerprint density at radius 3 is 2.58 bits per heavy atom. The number of hydrogen-bond acceptors (Lipinski definition) is 4. The lowest BCUT2D eigenvalue weighted by Crippen LogP contribution is -2.26. The molecule has 0 atom stereocenters. The zero-order chi connectivity index (χ0) is 17.2. The molecule has 3 rings (SSSR count). The molecule has 2 aromatic heterocycles. The molecule has 0 saturated carbocycles. The van der Waals surface area contributed by atoms with Crippen molar-refractivity contribution in [2.24, 2.45) is 0 Å². The lowest BCUT2D eigenvalue weighted by atomic mass is 10.1. The highest BCUT2D eigenvalue weighted by Gasteiger charge is 2.13. The van der Waals surface area contributed by atoms with Crippen LogP contribution >= 0.6 is 0 Å². The maximum Gasteiger partial charge on any atom is 0.274 e. The van der Waals surface area contributed by atoms with E-state index >= 15 is 0 Å². The maximum atomic E-state index is 12.5. The third kappa shape index (κ3) is 3.68. The van der Waals surface area contributed by atoms with Crippen LogP contribution in [0.5, 0.6) is 0 Å². The number of nitrogens with one attached hydrogen (secondary N) is 2. The van der Waals surface area contributed by atoms with Gasteiger partial charge in [-0.05, 0) is 45.0 Å². The quantitative estimate of drug-likeness (QED) is 0.762. The molecule has 24 heavy (non-hydrogen) atoms. The van der Waals surface area contributed by atoms with E-state index in [0.29, 0.717) is 11.4 Å². The number of para-hydroxylation sites is 1. The minimum absolute atomic E-state index is 0.0886. The van der Waals surface area contributed by atoms with Gasteiger partial charge in [0.25, 0.3) is 5.91 Å². The first-order valence-electron chi connectivity index (χ1n) is 7.82. The summed E-state index contributed by atoms with van der Waals surface area (Å²) in [6, 6.07) is 13.1. The van der Waals surface area contributed by atoms with Crippen LogP contribution < -0.4 is 10.6 Å². The minimum atomic E-state index is -0.259. The fraction of sp³-hybridized carbons (Fsp3) is 0.211. The van der Waals surface area contributed by atoms with Crippen molar-refractivity contribution in [2.75, 3.05) is 10.6 Å². The second-order valence-electron chi connectivity index (χ2n) is 6.64. The highest BCUT2D eigenvalue weighted by Crippen LogP contribution is 2.21. The van der Waals surface area contributed by atoms with Crippen molar-refractivity contribution in [1.29, 1.82) is 0 Å². The van der Waals surface area contributed by atoms with E-state index in [-0.39, 0.29) is 11.4 Å². The van der Waals surface area contributed by atoms with Crippen molar-refractivity contribution in [3.05, 3.63) is 60.6 Å². The Labute approximate surface area is 141 Å². The summed E-state index contributed by atoms with van der Waals surface area (Å²) < 4.78 is 0. The Kier molecular flexibility index (Phi) is 4.16. The SMILES string of the molecule is CC(C)(C)Nc1ccnc(C(=O)Nc2cccc3cccnc23)c1. The van der Waals surface area contributed by atoms with Crippen LogP contribution in [0.2, 0.25) is 0 Å². The summed E-state index contributed by atoms with van der Waals surface area (Å²) in [6.45, 7) is 6.19. The Morgan fingerprint density at radius 2 is 1.79 bits per heavy atom. The molecule has 0 aliphatic heterocycles. The largest absolute Gasteiger partial charge is 0.380 e. The summed E-state index contributed by atoms with van der Waals surface area (Å²) in [5.74, 6) is -0.259. The molecule has 0 unspecified atom stereocenters. The number of fused-ring (bicyclic) bond motifs is 1. The summed E-state index contributed by atoms with van der Waals surface area (Å²) >= 11 is 0. The van der Waals surface area contributed by atoms with E-state index in [1.165, 1.54) is 0 Å². The molecule has 0 aliphatic rings. The smallest absolute Gasteiger partial charge is 0.274 e. The Balaban J connectivity index is 1.86. The standard InChI is InChI=1S/C19H20N4O/c1-19(2,3)23-14-9-11-20-16(12-14)18(24)22-15-8-4-6-13-7-5-10-21-17(13)15/h4-12H,1-3H3,(H,20,23)(H,22,24). The highest BCUT2D eigenvalue weighted by molar-refractivity contribution is 6.07. The number of rotatable bonds is 3. The zero-order valence-corrected chi connectivity index (χ0v) is 14.0. The van der Waals surface area contributed by atoms with Crippen molar-refractivity contribution >= 4 is 28.2 Å². The molecular weight excluding hydrogens is 300 g/mol. The third-order valence-electron chi connectivity index (χ3n) is 3.39. The first kappa shape index (κ1) is 15.9. The topological polar surface area (TPSA) is 66.9 Å². The maximum absolute atomic E-state index is 12.5. The van der Waals surface area contributed by atoms with Crippen LogP contribution in [-0.2, 0) is 0 Å². The summed E-state index contributed by atoms with van der Waals surface area (Å²) in [5.41, 5.74) is 2.57. The molecule has 0 aliphatic carbocycles. The van der Waals surface area contributed by atoms with E-state index in [4.69, 9.17) is 0 Å². The number of anilines is 2. The van der Waals surface area contributed by atoms with Gasteiger partial charge in [-0.15, -0.1) is 0 Å². The van der Waals surface area contributed by atoms with Crippen molar-refractivity contribution in [1.82, 2.24) is 9.97 Å². The number of hydrogen-bond donors (Lipinski definition) is 2. The molecule has 0 spiro atoms. The monoisotopic (exact) mass is 320 g/mol. The Bertz CT molecular complexity index is 878. The van der Waals surface area contributed by atoms with Gasteiger partial charge in [-0.25, -0.2) is 0 Å². The molecule has 5 heteroatoms. The van der Waals surface area contributed by atoms with Crippen LogP contribution in [0, 0.1) is 0 Å². The third-order valence-corrected chi connectivity index (χ3v) is 3.39. The molecule has 5 nitrogen and oxygen atoms in total. The van der Waals surface area contributed by atoms with Gasteiger partial charge >= 0.3 is 0 Å². The molecule has 2 heterocycles. The molecule has 0 saturated heterocycles. The first-order chi connectivity index (χ1) is 11.4. The van der Waals surface area contributed by atoms with Gasteiger partial charge in [0.05, 0.1) is 11.2 Å². The van der Waals surface area contributed by atoms with E-state index < -0.39 is 0 Å². The summed E-state index contributed by atoms with van der Waals surface area (Å²) in [4.78, 5) is 21.1. The van der Waals surface area contributed by atoms with Gasteiger partial charge in [-0.3, -0.25) is 14.8 Å². The van der Waals surface area contributed by atoms with Gasteiger partial charge < -0.3 is 10.6 Å². The van der Waals surface area contributed by atoms with Crippen molar-refractivity contribution in [3.8, 4) is 0 Å². The molecule has 3 aromatic rings. The number of aromatic nitrogens is 2. The fourth-order valence-electron chi connectivity index (χ4n) is 2.46. The number of benzene rings is 1. The lowest BCUT2D eigenvalue weighted by molar-refractivity contribution is 0.102. The number of carbonyl (C=O) groups is 1. The molecule has 2 N–H and O–H groups in total. The van der Waals surface area contributed by atoms with Gasteiger partial charge in [0.2, 0.25) is 0 Å². The number of nitrogens with zero attached hydrogens (tertiary/aromatic N) is 2. The predicted molar refractivity (Wildman–Crippen MR) is 97.3 cm³/mol. The van der Waals surface area contributed by atoms with Gasteiger partial charge in [0.1, 0.15) is 5.69 Å². The predicted octanol–water partition coefficient (Wildman–Crippen LogP) is 4.09. The van der Waals surface area contributed by atoms with Crippen LogP contribution in [0.15, 0.2) is 54.9 Å². The normalized spacial score (nSPS) is 11.3. The summed E-state index contributed by atoms with van der Waals surface area (Å²) in [5, 5.41) is 7.22. The second-order valence-corrected chi connectivity index (χ2v) is 6.64. The van der Waals surface area contributed by atoms with Crippen molar-refractivity contribution in [2.45, 2.75) is 26.3 Å². The van der Waals surface area contributed by atoms with Gasteiger partial charge in [-0.2, -0.15) is 0 Å². The number of amides is 1. The zero-order valence-electron chi connectivity index (χ0n) is 14.0. The minimum Gasteiger partial charge on any atom is -0.380 e. The summed E-state index contributed by atoms with van der Waals surface area (Å²) in [6.07, 6.45) is 3.34. The molecular formula is C19H20N4O. The average Bonchev–Trinajstić information content (AvgIpc) is 2.54. The van der Waals surface area contributed by atoms with E-state index in [9.17, 15) is 4.79 Å². The van der Waals surface area contributed by atoms with Crippen LogP contribution in [-0.4, -0.2) is 21.4 Å². The molecule has 1 aromatic carbocycles. The van der Waals surface area contributed by atoms with Gasteiger partial charge in [0.15, 0.2) is 0 Å². The van der Waals surface area contributed by atoms with Crippen molar-refractivity contribution in [3.63, 3.8) is 0 Å². The van der Waals surface area contributed by atoms with Crippen LogP contribution in [0.25, 0.3) is 10.9 Å². The van der Waals surface area contributed by atoms with E-state index in [1.54, 1.807) is 18.5 Å². The van der Waals surface area contributed by atoms with Crippen LogP contribution in [0.4, 0.5) is 11.4 Å². The Hall–Kier alpha value is -2.95. The lowest BCUT2D eigenvalue weighted by Gasteiger charge is -2.22. The molecule has 1 amide bonds. The van der Waals surface area contributed by atoms with Gasteiger partial charge in [-0.1, -0.05) is 18.2 Å². The molecule has 0 bridgehead atoms. The first-order valence-corrected chi connectivity index (χ1v) is 7.82. The van der Waals surface area contributed by atoms with Gasteiger partial charge in [0, 0.05) is 29.0 Å². The fourth-order valence-corrected chi connectivity index (χ4v) is 2.46. The average molecular weight is 320 g/mol. The van der Waals surface area contributed by atoms with E-state index in [1.807, 2.05) is 36.4 Å². The molecule has 122 valence electrons. The van der Waals surface area contributed by atoms with E-state index in [2.05, 4.69) is 41.4 Å². The highest BCUT2D eigenvalue weighted by atomic mass is 16.1. The number of carbonyl (C=O) groups excluding carboxylic acids is 1. The summed E-state index contributed by atoms with van der Waals surface area (Å²) in [7, 11) is 0.